The zero-order chi connectivity index (χ0) is 24.9. The second-order valence-corrected chi connectivity index (χ2v) is 8.77. The van der Waals surface area contributed by atoms with E-state index in [0.29, 0.717) is 27.4 Å². The van der Waals surface area contributed by atoms with Gasteiger partial charge in [-0.2, -0.15) is 0 Å². The van der Waals surface area contributed by atoms with Gasteiger partial charge in [0.1, 0.15) is 17.2 Å². The number of aromatic nitrogens is 1. The Labute approximate surface area is 205 Å². The predicted octanol–water partition coefficient (Wildman–Crippen LogP) is 4.58. The summed E-state index contributed by atoms with van der Waals surface area (Å²) >= 11 is 5.93. The number of aromatic hydroxyl groups is 1. The van der Waals surface area contributed by atoms with E-state index in [-0.39, 0.29) is 34.6 Å². The molecule has 2 heterocycles. The van der Waals surface area contributed by atoms with E-state index in [1.807, 2.05) is 6.07 Å². The van der Waals surface area contributed by atoms with Crippen LogP contribution in [0.5, 0.6) is 17.2 Å². The first-order valence-corrected chi connectivity index (χ1v) is 11.2. The van der Waals surface area contributed by atoms with Crippen LogP contribution in [-0.4, -0.2) is 28.5 Å². The number of rotatable bonds is 4. The summed E-state index contributed by atoms with van der Waals surface area (Å²) in [5, 5.41) is 12.5. The van der Waals surface area contributed by atoms with Crippen molar-refractivity contribution in [2.45, 2.75) is 12.3 Å². The van der Waals surface area contributed by atoms with E-state index < -0.39 is 17.7 Å². The zero-order valence-corrected chi connectivity index (χ0v) is 19.6. The molecule has 1 aliphatic heterocycles. The van der Waals surface area contributed by atoms with Crippen molar-refractivity contribution >= 4 is 34.3 Å². The molecule has 176 valence electrons. The van der Waals surface area contributed by atoms with E-state index in [0.717, 1.165) is 5.39 Å². The third-order valence-corrected chi connectivity index (χ3v) is 6.56. The van der Waals surface area contributed by atoms with E-state index in [2.05, 4.69) is 0 Å². The lowest BCUT2D eigenvalue weighted by molar-refractivity contribution is -0.135. The van der Waals surface area contributed by atoms with Crippen LogP contribution in [0, 0.1) is 0 Å². The SMILES string of the molecule is COc1ccc2cc([C@H]3CC(=O)Oc4ccc(C(=O)c5ccc(Cl)cc5)c(O)c43)c(=O)n(C)c2c1. The van der Waals surface area contributed by atoms with Gasteiger partial charge in [-0.25, -0.2) is 0 Å². The fourth-order valence-corrected chi connectivity index (χ4v) is 4.62. The number of hydrogen-bond donors (Lipinski definition) is 1. The van der Waals surface area contributed by atoms with Crippen LogP contribution in [0.1, 0.15) is 39.4 Å². The molecule has 4 aromatic rings. The molecule has 35 heavy (non-hydrogen) atoms. The number of carbonyl (C=O) groups excluding carboxylic acids is 2. The summed E-state index contributed by atoms with van der Waals surface area (Å²) in [4.78, 5) is 39.0. The summed E-state index contributed by atoms with van der Waals surface area (Å²) in [6.07, 6.45) is -0.157. The molecule has 7 nitrogen and oxygen atoms in total. The lowest BCUT2D eigenvalue weighted by atomic mass is 9.84. The Morgan fingerprint density at radius 2 is 1.83 bits per heavy atom. The predicted molar refractivity (Wildman–Crippen MR) is 131 cm³/mol. The van der Waals surface area contributed by atoms with Crippen LogP contribution >= 0.6 is 11.6 Å². The molecule has 0 amide bonds. The molecule has 3 aromatic carbocycles. The number of phenolic OH excluding ortho intramolecular Hbond substituents is 1. The van der Waals surface area contributed by atoms with Gasteiger partial charge in [-0.15, -0.1) is 0 Å². The number of ether oxygens (including phenoxy) is 2. The van der Waals surface area contributed by atoms with Gasteiger partial charge < -0.3 is 19.1 Å². The highest BCUT2D eigenvalue weighted by molar-refractivity contribution is 6.30. The number of methoxy groups -OCH3 is 1. The van der Waals surface area contributed by atoms with Gasteiger partial charge in [0, 0.05) is 40.7 Å². The lowest BCUT2D eigenvalue weighted by Gasteiger charge is -2.26. The summed E-state index contributed by atoms with van der Waals surface area (Å²) in [5.74, 6) is -1.35. The average Bonchev–Trinajstić information content (AvgIpc) is 2.85. The quantitative estimate of drug-likeness (QED) is 0.256. The molecule has 0 unspecified atom stereocenters. The number of phenols is 1. The van der Waals surface area contributed by atoms with E-state index in [9.17, 15) is 19.5 Å². The van der Waals surface area contributed by atoms with Crippen LogP contribution in [0.25, 0.3) is 10.9 Å². The average molecular weight is 490 g/mol. The molecule has 0 aliphatic carbocycles. The normalized spacial score (nSPS) is 14.9. The Bertz CT molecular complexity index is 1570. The minimum absolute atomic E-state index is 0.0383. The van der Waals surface area contributed by atoms with Crippen molar-refractivity contribution in [2.75, 3.05) is 7.11 Å². The minimum Gasteiger partial charge on any atom is -0.507 e. The Hall–Kier alpha value is -4.10. The standard InChI is InChI=1S/C27H20ClNO6/c1-29-21-12-17(34-2)8-5-15(21)11-20(27(29)33)19-13-23(30)35-22-10-9-18(26(32)24(19)22)25(31)14-3-6-16(28)7-4-14/h3-12,19,32H,13H2,1-2H3/t19-/m1/s1. The van der Waals surface area contributed by atoms with Crippen molar-refractivity contribution in [3.8, 4) is 17.2 Å². The molecule has 1 aliphatic rings. The van der Waals surface area contributed by atoms with E-state index in [1.54, 1.807) is 56.6 Å². The first kappa shape index (κ1) is 22.7. The van der Waals surface area contributed by atoms with Crippen molar-refractivity contribution in [2.24, 2.45) is 7.05 Å². The third kappa shape index (κ3) is 3.84. The number of fused-ring (bicyclic) bond motifs is 2. The smallest absolute Gasteiger partial charge is 0.312 e. The number of nitrogens with zero attached hydrogens (tertiary/aromatic N) is 1. The Morgan fingerprint density at radius 3 is 2.54 bits per heavy atom. The number of pyridine rings is 1. The number of aryl methyl sites for hydroxylation is 1. The maximum Gasteiger partial charge on any atom is 0.312 e. The van der Waals surface area contributed by atoms with Gasteiger partial charge in [0.25, 0.3) is 5.56 Å². The summed E-state index contributed by atoms with van der Waals surface area (Å²) < 4.78 is 12.1. The first-order chi connectivity index (χ1) is 16.8. The molecule has 8 heteroatoms. The van der Waals surface area contributed by atoms with Gasteiger partial charge in [0.2, 0.25) is 0 Å². The third-order valence-electron chi connectivity index (χ3n) is 6.31. The van der Waals surface area contributed by atoms with Crippen molar-refractivity contribution in [3.05, 3.63) is 98.3 Å². The number of carbonyl (C=O) groups is 2. The topological polar surface area (TPSA) is 94.8 Å². The van der Waals surface area contributed by atoms with Gasteiger partial charge in [-0.1, -0.05) is 11.6 Å². The van der Waals surface area contributed by atoms with Crippen molar-refractivity contribution in [3.63, 3.8) is 0 Å². The lowest BCUT2D eigenvalue weighted by Crippen LogP contribution is -2.29. The van der Waals surface area contributed by atoms with Gasteiger partial charge in [-0.3, -0.25) is 14.4 Å². The summed E-state index contributed by atoms with van der Waals surface area (Å²) in [6, 6.07) is 16.2. The molecular formula is C27H20ClNO6. The molecule has 1 N–H and O–H groups in total. The highest BCUT2D eigenvalue weighted by Gasteiger charge is 2.35. The van der Waals surface area contributed by atoms with Crippen LogP contribution in [-0.2, 0) is 11.8 Å². The van der Waals surface area contributed by atoms with Gasteiger partial charge in [0.15, 0.2) is 5.78 Å². The number of hydrogen-bond acceptors (Lipinski definition) is 6. The molecule has 0 fully saturated rings. The number of esters is 1. The fraction of sp³-hybridized carbons (Fsp3) is 0.148. The van der Waals surface area contributed by atoms with E-state index >= 15 is 0 Å². The summed E-state index contributed by atoms with van der Waals surface area (Å²) in [5.41, 5.74) is 1.25. The Balaban J connectivity index is 1.68. The second kappa shape index (κ2) is 8.60. The van der Waals surface area contributed by atoms with E-state index in [1.165, 1.54) is 16.7 Å². The molecule has 0 saturated heterocycles. The van der Waals surface area contributed by atoms with Crippen LogP contribution in [0.3, 0.4) is 0 Å². The highest BCUT2D eigenvalue weighted by atomic mass is 35.5. The van der Waals surface area contributed by atoms with Crippen molar-refractivity contribution in [1.82, 2.24) is 4.57 Å². The molecule has 0 saturated carbocycles. The second-order valence-electron chi connectivity index (χ2n) is 8.33. The van der Waals surface area contributed by atoms with E-state index in [4.69, 9.17) is 21.1 Å². The Kier molecular flexibility index (Phi) is 5.57. The van der Waals surface area contributed by atoms with Gasteiger partial charge in [-0.05, 0) is 60.0 Å². The number of halogens is 1. The van der Waals surface area contributed by atoms with Crippen LogP contribution in [0.15, 0.2) is 65.5 Å². The van der Waals surface area contributed by atoms with Crippen molar-refractivity contribution in [1.29, 1.82) is 0 Å². The molecule has 0 radical (unpaired) electrons. The maximum absolute atomic E-state index is 13.4. The van der Waals surface area contributed by atoms with Crippen LogP contribution in [0.4, 0.5) is 0 Å². The molecule has 5 rings (SSSR count). The monoisotopic (exact) mass is 489 g/mol. The largest absolute Gasteiger partial charge is 0.507 e. The number of ketones is 1. The molecule has 0 spiro atoms. The molecule has 1 atom stereocenters. The molecule has 0 bridgehead atoms. The van der Waals surface area contributed by atoms with Crippen LogP contribution < -0.4 is 15.0 Å². The first-order valence-electron chi connectivity index (χ1n) is 10.8. The van der Waals surface area contributed by atoms with Crippen LogP contribution in [0.2, 0.25) is 5.02 Å². The number of benzene rings is 3. The van der Waals surface area contributed by atoms with Crippen molar-refractivity contribution < 1.29 is 24.2 Å². The highest BCUT2D eigenvalue weighted by Crippen LogP contribution is 2.45. The van der Waals surface area contributed by atoms with Gasteiger partial charge in [0.05, 0.1) is 24.6 Å². The maximum atomic E-state index is 13.4. The Morgan fingerprint density at radius 1 is 1.09 bits per heavy atom. The molecule has 1 aromatic heterocycles. The summed E-state index contributed by atoms with van der Waals surface area (Å²) in [7, 11) is 3.18. The fourth-order valence-electron chi connectivity index (χ4n) is 4.50. The van der Waals surface area contributed by atoms with Gasteiger partial charge >= 0.3 is 5.97 Å². The molecular weight excluding hydrogens is 470 g/mol. The summed E-state index contributed by atoms with van der Waals surface area (Å²) in [6.45, 7) is 0. The zero-order valence-electron chi connectivity index (χ0n) is 18.9. The minimum atomic E-state index is -0.797.